The predicted molar refractivity (Wildman–Crippen MR) is 103 cm³/mol. The maximum atomic E-state index is 10.5. The first kappa shape index (κ1) is 16.0. The number of aromatic hydroxyl groups is 2. The van der Waals surface area contributed by atoms with E-state index in [0.717, 1.165) is 27.8 Å². The smallest absolute Gasteiger partial charge is 0.124 e. The van der Waals surface area contributed by atoms with E-state index in [-0.39, 0.29) is 17.5 Å². The fraction of sp³-hybridized carbons (Fsp3) is 0.0952. The van der Waals surface area contributed by atoms with Crippen molar-refractivity contribution in [3.8, 4) is 11.5 Å². The third kappa shape index (κ3) is 2.84. The van der Waals surface area contributed by atoms with Gasteiger partial charge in [-0.3, -0.25) is 4.98 Å². The number of anilines is 1. The van der Waals surface area contributed by atoms with Crippen molar-refractivity contribution in [2.45, 2.75) is 13.0 Å². The van der Waals surface area contributed by atoms with Gasteiger partial charge in [-0.25, -0.2) is 0 Å². The number of phenolic OH excluding ortho intramolecular Hbond substituents is 2. The molecule has 0 spiro atoms. The molecule has 0 amide bonds. The van der Waals surface area contributed by atoms with Crippen LogP contribution in [0.3, 0.4) is 0 Å². The van der Waals surface area contributed by atoms with Crippen LogP contribution in [0.15, 0.2) is 67.0 Å². The molecule has 1 atom stereocenters. The highest BCUT2D eigenvalue weighted by molar-refractivity contribution is 5.86. The van der Waals surface area contributed by atoms with E-state index in [4.69, 9.17) is 0 Å². The number of nitrogens with zero attached hydrogens (tertiary/aromatic N) is 1. The summed E-state index contributed by atoms with van der Waals surface area (Å²) in [4.78, 5) is 7.57. The molecule has 2 aromatic carbocycles. The Morgan fingerprint density at radius 2 is 1.88 bits per heavy atom. The minimum atomic E-state index is -0.309. The van der Waals surface area contributed by atoms with E-state index in [0.29, 0.717) is 5.56 Å². The maximum absolute atomic E-state index is 10.5. The summed E-state index contributed by atoms with van der Waals surface area (Å²) < 4.78 is 0. The highest BCUT2D eigenvalue weighted by Crippen LogP contribution is 2.38. The Morgan fingerprint density at radius 1 is 1.04 bits per heavy atom. The van der Waals surface area contributed by atoms with Crippen LogP contribution in [0, 0.1) is 6.92 Å². The van der Waals surface area contributed by atoms with Gasteiger partial charge in [-0.05, 0) is 37.3 Å². The molecule has 2 heterocycles. The second kappa shape index (κ2) is 6.44. The van der Waals surface area contributed by atoms with E-state index in [1.165, 1.54) is 6.07 Å². The lowest BCUT2D eigenvalue weighted by Gasteiger charge is -2.22. The van der Waals surface area contributed by atoms with Crippen LogP contribution in [0.4, 0.5) is 5.69 Å². The fourth-order valence-corrected chi connectivity index (χ4v) is 3.37. The molecule has 0 fully saturated rings. The number of aryl methyl sites for hydroxylation is 1. The molecular formula is C21H19N3O2. The van der Waals surface area contributed by atoms with E-state index in [2.05, 4.69) is 21.4 Å². The zero-order valence-electron chi connectivity index (χ0n) is 14.3. The van der Waals surface area contributed by atoms with Gasteiger partial charge < -0.3 is 20.5 Å². The van der Waals surface area contributed by atoms with Crippen molar-refractivity contribution in [3.63, 3.8) is 0 Å². The molecule has 26 heavy (non-hydrogen) atoms. The first-order valence-corrected chi connectivity index (χ1v) is 8.39. The number of nitrogens with one attached hydrogen (secondary N) is 2. The van der Waals surface area contributed by atoms with Crippen LogP contribution in [0.5, 0.6) is 11.5 Å². The van der Waals surface area contributed by atoms with E-state index in [1.54, 1.807) is 24.5 Å². The van der Waals surface area contributed by atoms with Gasteiger partial charge in [0, 0.05) is 46.2 Å². The molecule has 130 valence electrons. The summed E-state index contributed by atoms with van der Waals surface area (Å²) in [6, 6.07) is 16.2. The molecule has 1 unspecified atom stereocenters. The number of hydrogen-bond donors (Lipinski definition) is 4. The number of aromatic amines is 1. The highest BCUT2D eigenvalue weighted by Gasteiger charge is 2.23. The molecule has 5 heteroatoms. The minimum absolute atomic E-state index is 0.0297. The number of pyridine rings is 1. The number of rotatable bonds is 4. The van der Waals surface area contributed by atoms with Crippen molar-refractivity contribution >= 4 is 16.6 Å². The molecule has 0 bridgehead atoms. The SMILES string of the molecule is Cc1[nH]c2ccccc2c1C(Nc1cccnc1)c1ccc(O)cc1O. The number of fused-ring (bicyclic) bond motifs is 1. The Hall–Kier alpha value is -3.47. The predicted octanol–water partition coefficient (Wildman–Crippen LogP) is 4.48. The van der Waals surface area contributed by atoms with Gasteiger partial charge in [0.25, 0.3) is 0 Å². The molecule has 0 radical (unpaired) electrons. The van der Waals surface area contributed by atoms with Gasteiger partial charge in [-0.1, -0.05) is 18.2 Å². The van der Waals surface area contributed by atoms with E-state index >= 15 is 0 Å². The summed E-state index contributed by atoms with van der Waals surface area (Å²) in [7, 11) is 0. The summed E-state index contributed by atoms with van der Waals surface area (Å²) >= 11 is 0. The maximum Gasteiger partial charge on any atom is 0.124 e. The van der Waals surface area contributed by atoms with Gasteiger partial charge >= 0.3 is 0 Å². The van der Waals surface area contributed by atoms with Crippen LogP contribution < -0.4 is 5.32 Å². The van der Waals surface area contributed by atoms with Crippen molar-refractivity contribution in [3.05, 3.63) is 83.8 Å². The Bertz CT molecular complexity index is 1060. The molecule has 5 nitrogen and oxygen atoms in total. The molecule has 4 N–H and O–H groups in total. The second-order valence-corrected chi connectivity index (χ2v) is 6.27. The average molecular weight is 345 g/mol. The van der Waals surface area contributed by atoms with Gasteiger partial charge in [-0.15, -0.1) is 0 Å². The zero-order chi connectivity index (χ0) is 18.1. The number of H-pyrrole nitrogens is 1. The van der Waals surface area contributed by atoms with Crippen molar-refractivity contribution in [1.82, 2.24) is 9.97 Å². The van der Waals surface area contributed by atoms with Gasteiger partial charge in [0.1, 0.15) is 11.5 Å². The Morgan fingerprint density at radius 3 is 2.65 bits per heavy atom. The molecule has 0 saturated heterocycles. The summed E-state index contributed by atoms with van der Waals surface area (Å²) in [5.74, 6) is 0.0677. The normalized spacial score (nSPS) is 12.2. The number of aromatic nitrogens is 2. The van der Waals surface area contributed by atoms with Crippen molar-refractivity contribution in [2.75, 3.05) is 5.32 Å². The van der Waals surface area contributed by atoms with Gasteiger partial charge in [0.05, 0.1) is 11.7 Å². The second-order valence-electron chi connectivity index (χ2n) is 6.27. The molecule has 0 saturated carbocycles. The van der Waals surface area contributed by atoms with Gasteiger partial charge in [0.15, 0.2) is 0 Å². The first-order chi connectivity index (χ1) is 12.6. The van der Waals surface area contributed by atoms with Crippen LogP contribution >= 0.6 is 0 Å². The van der Waals surface area contributed by atoms with E-state index < -0.39 is 0 Å². The number of phenols is 2. The molecule has 0 aliphatic carbocycles. The van der Waals surface area contributed by atoms with Crippen LogP contribution in [0.1, 0.15) is 22.9 Å². The topological polar surface area (TPSA) is 81.2 Å². The highest BCUT2D eigenvalue weighted by atomic mass is 16.3. The summed E-state index contributed by atoms with van der Waals surface area (Å²) in [5, 5.41) is 24.7. The number of hydrogen-bond acceptors (Lipinski definition) is 4. The minimum Gasteiger partial charge on any atom is -0.508 e. The monoisotopic (exact) mass is 345 g/mol. The Balaban J connectivity index is 1.91. The van der Waals surface area contributed by atoms with E-state index in [1.807, 2.05) is 37.3 Å². The molecule has 0 aliphatic rings. The molecule has 2 aromatic heterocycles. The van der Waals surface area contributed by atoms with E-state index in [9.17, 15) is 10.2 Å². The third-order valence-corrected chi connectivity index (χ3v) is 4.53. The fourth-order valence-electron chi connectivity index (χ4n) is 3.37. The average Bonchev–Trinajstić information content (AvgIpc) is 2.97. The lowest BCUT2D eigenvalue weighted by molar-refractivity contribution is 0.445. The Labute approximate surface area is 151 Å². The van der Waals surface area contributed by atoms with Crippen LogP contribution in [0.25, 0.3) is 10.9 Å². The molecule has 4 rings (SSSR count). The van der Waals surface area contributed by atoms with Crippen molar-refractivity contribution < 1.29 is 10.2 Å². The van der Waals surface area contributed by atoms with Gasteiger partial charge in [0.2, 0.25) is 0 Å². The summed E-state index contributed by atoms with van der Waals surface area (Å²) in [5.41, 5.74) is 4.62. The first-order valence-electron chi connectivity index (χ1n) is 8.39. The lowest BCUT2D eigenvalue weighted by Crippen LogP contribution is -2.13. The standard InChI is InChI=1S/C21H19N3O2/c1-13-20(16-6-2-3-7-18(16)23-13)21(24-14-5-4-10-22-12-14)17-9-8-15(25)11-19(17)26/h2-12,21,23-26H,1H3. The molecule has 0 aliphatic heterocycles. The van der Waals surface area contributed by atoms with Crippen LogP contribution in [-0.2, 0) is 0 Å². The molecular weight excluding hydrogens is 326 g/mol. The lowest BCUT2D eigenvalue weighted by atomic mass is 9.95. The zero-order valence-corrected chi connectivity index (χ0v) is 14.3. The molecule has 4 aromatic rings. The number of benzene rings is 2. The number of para-hydroxylation sites is 1. The van der Waals surface area contributed by atoms with Crippen molar-refractivity contribution in [1.29, 1.82) is 0 Å². The van der Waals surface area contributed by atoms with Crippen LogP contribution in [0.2, 0.25) is 0 Å². The summed E-state index contributed by atoms with van der Waals surface area (Å²) in [6.07, 6.45) is 3.46. The van der Waals surface area contributed by atoms with Crippen LogP contribution in [-0.4, -0.2) is 20.2 Å². The Kier molecular flexibility index (Phi) is 3.97. The quantitative estimate of drug-likeness (QED) is 0.439. The largest absolute Gasteiger partial charge is 0.508 e. The summed E-state index contributed by atoms with van der Waals surface area (Å²) in [6.45, 7) is 2.02. The third-order valence-electron chi connectivity index (χ3n) is 4.53. The van der Waals surface area contributed by atoms with Crippen molar-refractivity contribution in [2.24, 2.45) is 0 Å². The van der Waals surface area contributed by atoms with Gasteiger partial charge in [-0.2, -0.15) is 0 Å².